The van der Waals surface area contributed by atoms with Crippen molar-refractivity contribution >= 4 is 29.5 Å². The third-order valence-electron chi connectivity index (χ3n) is 4.75. The van der Waals surface area contributed by atoms with Crippen molar-refractivity contribution in [3.05, 3.63) is 47.9 Å². The van der Waals surface area contributed by atoms with E-state index in [2.05, 4.69) is 30.7 Å². The number of aromatic nitrogens is 2. The first-order chi connectivity index (χ1) is 16.0. The molecule has 1 aromatic heterocycles. The summed E-state index contributed by atoms with van der Waals surface area (Å²) in [5.74, 6) is 0.259. The molecule has 0 radical (unpaired) electrons. The van der Waals surface area contributed by atoms with E-state index >= 15 is 0 Å². The summed E-state index contributed by atoms with van der Waals surface area (Å²) in [7, 11) is 1.27. The SMILES string of the molecule is COC(=O)Nc1ccc2c(c1)NC(=O)C/C=C\CC(NC(=O)OC(C)(C)C)c1cc-2nc(C)n1. The van der Waals surface area contributed by atoms with Crippen molar-refractivity contribution in [3.63, 3.8) is 0 Å². The first kappa shape index (κ1) is 24.7. The van der Waals surface area contributed by atoms with Crippen LogP contribution in [-0.4, -0.2) is 40.8 Å². The molecular formula is C24H29N5O5. The molecule has 1 aromatic carbocycles. The van der Waals surface area contributed by atoms with Crippen molar-refractivity contribution in [1.29, 1.82) is 0 Å². The van der Waals surface area contributed by atoms with Crippen molar-refractivity contribution < 1.29 is 23.9 Å². The Morgan fingerprint density at radius 2 is 1.88 bits per heavy atom. The first-order valence-corrected chi connectivity index (χ1v) is 10.8. The number of methoxy groups -OCH3 is 1. The number of alkyl carbamates (subject to hydrolysis) is 1. The largest absolute Gasteiger partial charge is 0.453 e. The maximum absolute atomic E-state index is 12.6. The number of carbonyl (C=O) groups is 3. The minimum Gasteiger partial charge on any atom is -0.453 e. The van der Waals surface area contributed by atoms with E-state index in [1.165, 1.54) is 7.11 Å². The molecule has 0 saturated heterocycles. The van der Waals surface area contributed by atoms with Gasteiger partial charge in [0.25, 0.3) is 0 Å². The van der Waals surface area contributed by atoms with Crippen molar-refractivity contribution in [2.45, 2.75) is 52.2 Å². The van der Waals surface area contributed by atoms with E-state index in [1.807, 2.05) is 6.08 Å². The molecule has 2 bridgehead atoms. The zero-order valence-electron chi connectivity index (χ0n) is 19.9. The van der Waals surface area contributed by atoms with Crippen molar-refractivity contribution in [1.82, 2.24) is 15.3 Å². The fourth-order valence-electron chi connectivity index (χ4n) is 3.35. The van der Waals surface area contributed by atoms with Gasteiger partial charge in [0.05, 0.1) is 30.2 Å². The second-order valence-corrected chi connectivity index (χ2v) is 8.76. The zero-order valence-corrected chi connectivity index (χ0v) is 19.9. The summed E-state index contributed by atoms with van der Waals surface area (Å²) in [5.41, 5.74) is 2.06. The highest BCUT2D eigenvalue weighted by Crippen LogP contribution is 2.32. The highest BCUT2D eigenvalue weighted by Gasteiger charge is 2.23. The Bertz CT molecular complexity index is 1120. The smallest absolute Gasteiger partial charge is 0.411 e. The highest BCUT2D eigenvalue weighted by atomic mass is 16.6. The Kier molecular flexibility index (Phi) is 7.50. The van der Waals surface area contributed by atoms with E-state index in [9.17, 15) is 14.4 Å². The summed E-state index contributed by atoms with van der Waals surface area (Å²) in [4.78, 5) is 45.7. The quantitative estimate of drug-likeness (QED) is 0.555. The van der Waals surface area contributed by atoms with Gasteiger partial charge in [-0.25, -0.2) is 19.6 Å². The van der Waals surface area contributed by atoms with Gasteiger partial charge in [0.2, 0.25) is 5.91 Å². The average molecular weight is 468 g/mol. The highest BCUT2D eigenvalue weighted by molar-refractivity contribution is 5.97. The van der Waals surface area contributed by atoms with E-state index in [4.69, 9.17) is 4.74 Å². The summed E-state index contributed by atoms with van der Waals surface area (Å²) in [6.07, 6.45) is 2.90. The maximum Gasteiger partial charge on any atom is 0.411 e. The summed E-state index contributed by atoms with van der Waals surface area (Å²) < 4.78 is 10.1. The fourth-order valence-corrected chi connectivity index (χ4v) is 3.35. The predicted molar refractivity (Wildman–Crippen MR) is 127 cm³/mol. The Labute approximate surface area is 198 Å². The summed E-state index contributed by atoms with van der Waals surface area (Å²) in [6.45, 7) is 7.13. The minimum atomic E-state index is -0.648. The third kappa shape index (κ3) is 6.77. The Hall–Kier alpha value is -3.95. The van der Waals surface area contributed by atoms with Crippen LogP contribution in [0.25, 0.3) is 11.3 Å². The van der Waals surface area contributed by atoms with E-state index < -0.39 is 23.8 Å². The zero-order chi connectivity index (χ0) is 24.9. The molecule has 0 aliphatic carbocycles. The molecule has 0 saturated carbocycles. The number of nitrogens with zero attached hydrogens (tertiary/aromatic N) is 2. The number of benzene rings is 1. The number of hydrogen-bond donors (Lipinski definition) is 3. The standard InChI is InChI=1S/C24H29N5O5/c1-14-25-19-13-20(26-14)17(29-23(32)34-24(2,3)4)8-6-7-9-21(30)28-18-12-15(10-11-16(18)19)27-22(31)33-5/h6-7,10-13,17H,8-9H2,1-5H3,(H,27,31)(H,28,30)(H,29,32)/b7-6-. The van der Waals surface area contributed by atoms with E-state index in [0.717, 1.165) is 0 Å². The molecule has 0 spiro atoms. The number of hydrogen-bond acceptors (Lipinski definition) is 7. The van der Waals surface area contributed by atoms with E-state index in [0.29, 0.717) is 40.6 Å². The average Bonchev–Trinajstić information content (AvgIpc) is 2.73. The van der Waals surface area contributed by atoms with Crippen molar-refractivity contribution in [2.75, 3.05) is 17.7 Å². The van der Waals surface area contributed by atoms with Gasteiger partial charge in [-0.15, -0.1) is 0 Å². The Balaban J connectivity index is 2.05. The molecule has 10 nitrogen and oxygen atoms in total. The van der Waals surface area contributed by atoms with Gasteiger partial charge in [-0.05, 0) is 58.4 Å². The number of amides is 3. The lowest BCUT2D eigenvalue weighted by molar-refractivity contribution is -0.115. The van der Waals surface area contributed by atoms with Gasteiger partial charge in [0.1, 0.15) is 11.4 Å². The van der Waals surface area contributed by atoms with Gasteiger partial charge < -0.3 is 20.1 Å². The topological polar surface area (TPSA) is 132 Å². The molecule has 3 rings (SSSR count). The lowest BCUT2D eigenvalue weighted by Gasteiger charge is -2.23. The van der Waals surface area contributed by atoms with Crippen LogP contribution < -0.4 is 16.0 Å². The van der Waals surface area contributed by atoms with Crippen LogP contribution in [0.1, 0.15) is 51.2 Å². The van der Waals surface area contributed by atoms with Gasteiger partial charge in [-0.1, -0.05) is 12.2 Å². The van der Waals surface area contributed by atoms with Crippen LogP contribution in [0.15, 0.2) is 36.4 Å². The summed E-state index contributed by atoms with van der Waals surface area (Å²) in [5, 5.41) is 8.33. The number of rotatable bonds is 2. The van der Waals surface area contributed by atoms with E-state index in [1.54, 1.807) is 58.0 Å². The number of carbonyl (C=O) groups excluding carboxylic acids is 3. The lowest BCUT2D eigenvalue weighted by atomic mass is 10.0. The van der Waals surface area contributed by atoms with Crippen molar-refractivity contribution in [3.8, 4) is 11.3 Å². The Morgan fingerprint density at radius 3 is 2.59 bits per heavy atom. The van der Waals surface area contributed by atoms with Crippen LogP contribution in [0.4, 0.5) is 21.0 Å². The molecule has 1 aliphatic rings. The first-order valence-electron chi connectivity index (χ1n) is 10.8. The van der Waals surface area contributed by atoms with Crippen LogP contribution >= 0.6 is 0 Å². The molecular weight excluding hydrogens is 438 g/mol. The third-order valence-corrected chi connectivity index (χ3v) is 4.75. The van der Waals surface area contributed by atoms with Gasteiger partial charge >= 0.3 is 12.2 Å². The van der Waals surface area contributed by atoms with Crippen LogP contribution in [0, 0.1) is 6.92 Å². The molecule has 2 aromatic rings. The predicted octanol–water partition coefficient (Wildman–Crippen LogP) is 4.48. The molecule has 1 aliphatic heterocycles. The minimum absolute atomic E-state index is 0.126. The molecule has 34 heavy (non-hydrogen) atoms. The number of anilines is 2. The number of fused-ring (bicyclic) bond motifs is 4. The van der Waals surface area contributed by atoms with Gasteiger partial charge in [0, 0.05) is 17.7 Å². The molecule has 3 amide bonds. The monoisotopic (exact) mass is 467 g/mol. The molecule has 3 N–H and O–H groups in total. The molecule has 180 valence electrons. The van der Waals surface area contributed by atoms with Crippen LogP contribution in [-0.2, 0) is 14.3 Å². The van der Waals surface area contributed by atoms with E-state index in [-0.39, 0.29) is 12.3 Å². The fraction of sp³-hybridized carbons (Fsp3) is 0.375. The summed E-state index contributed by atoms with van der Waals surface area (Å²) in [6, 6.07) is 6.33. The number of ether oxygens (including phenoxy) is 2. The molecule has 1 unspecified atom stereocenters. The summed E-state index contributed by atoms with van der Waals surface area (Å²) >= 11 is 0. The number of nitrogens with one attached hydrogen (secondary N) is 3. The second kappa shape index (κ2) is 10.3. The van der Waals surface area contributed by atoms with Crippen molar-refractivity contribution in [2.24, 2.45) is 0 Å². The van der Waals surface area contributed by atoms with Crippen LogP contribution in [0.2, 0.25) is 0 Å². The van der Waals surface area contributed by atoms with Crippen LogP contribution in [0.5, 0.6) is 0 Å². The molecule has 10 heteroatoms. The van der Waals surface area contributed by atoms with Gasteiger partial charge in [-0.3, -0.25) is 10.1 Å². The Morgan fingerprint density at radius 1 is 1.12 bits per heavy atom. The van der Waals surface area contributed by atoms with Gasteiger partial charge in [0.15, 0.2) is 0 Å². The van der Waals surface area contributed by atoms with Gasteiger partial charge in [-0.2, -0.15) is 0 Å². The van der Waals surface area contributed by atoms with Crippen LogP contribution in [0.3, 0.4) is 0 Å². The molecule has 0 fully saturated rings. The normalized spacial score (nSPS) is 16.6. The molecule has 2 heterocycles. The number of aryl methyl sites for hydroxylation is 1. The second-order valence-electron chi connectivity index (χ2n) is 8.76. The molecule has 1 atom stereocenters. The maximum atomic E-state index is 12.6. The lowest BCUT2D eigenvalue weighted by Crippen LogP contribution is -2.35.